The second kappa shape index (κ2) is 10.1. The Kier molecular flexibility index (Phi) is 8.21. The molecule has 8 heteroatoms. The van der Waals surface area contributed by atoms with Crippen LogP contribution in [0.25, 0.3) is 0 Å². The number of aliphatic hydroxyl groups is 2. The third kappa shape index (κ3) is 7.00. The molecule has 0 aromatic heterocycles. The molecule has 2 rings (SSSR count). The lowest BCUT2D eigenvalue weighted by Gasteiger charge is -2.42. The van der Waals surface area contributed by atoms with Crippen LogP contribution in [-0.2, 0) is 35.1 Å². The van der Waals surface area contributed by atoms with Gasteiger partial charge in [0.2, 0.25) is 0 Å². The van der Waals surface area contributed by atoms with Crippen molar-refractivity contribution in [2.45, 2.75) is 78.9 Å². The Bertz CT molecular complexity index is 734. The van der Waals surface area contributed by atoms with E-state index in [2.05, 4.69) is 0 Å². The van der Waals surface area contributed by atoms with Crippen molar-refractivity contribution in [2.75, 3.05) is 6.61 Å². The first-order valence-electron chi connectivity index (χ1n) is 10.4. The molecule has 0 amide bonds. The summed E-state index contributed by atoms with van der Waals surface area (Å²) in [6, 6.07) is 9.43. The van der Waals surface area contributed by atoms with Gasteiger partial charge < -0.3 is 29.2 Å². The topological polar surface area (TPSA) is 112 Å². The van der Waals surface area contributed by atoms with Gasteiger partial charge in [-0.05, 0) is 47.1 Å². The van der Waals surface area contributed by atoms with Gasteiger partial charge in [-0.2, -0.15) is 0 Å². The molecule has 1 aliphatic rings. The summed E-state index contributed by atoms with van der Waals surface area (Å²) in [5.41, 5.74) is -0.791. The van der Waals surface area contributed by atoms with Gasteiger partial charge in [0.05, 0.1) is 24.0 Å². The maximum absolute atomic E-state index is 12.5. The summed E-state index contributed by atoms with van der Waals surface area (Å²) < 4.78 is 22.0. The fraction of sp³-hybridized carbons (Fsp3) is 0.652. The number of hydrogen-bond acceptors (Lipinski definition) is 8. The minimum absolute atomic E-state index is 0.0589. The summed E-state index contributed by atoms with van der Waals surface area (Å²) in [5.74, 6) is -1.23. The van der Waals surface area contributed by atoms with Crippen LogP contribution in [0, 0.1) is 10.8 Å². The van der Waals surface area contributed by atoms with E-state index in [0.29, 0.717) is 0 Å². The SMILES string of the molecule is CC(C)(C)C(=O)O[C@@H]1[C@@H](OC(=O)C(C)(C)C)[C@H](O)[C@@H](COCc2ccccc2)O[C@@H]1O. The Morgan fingerprint density at radius 2 is 1.42 bits per heavy atom. The predicted octanol–water partition coefficient (Wildman–Crippen LogP) is 2.20. The minimum Gasteiger partial charge on any atom is -0.455 e. The molecule has 1 fully saturated rings. The molecule has 8 nitrogen and oxygen atoms in total. The van der Waals surface area contributed by atoms with Crippen LogP contribution in [-0.4, -0.2) is 59.5 Å². The van der Waals surface area contributed by atoms with Crippen LogP contribution in [0.2, 0.25) is 0 Å². The molecule has 5 atom stereocenters. The Balaban J connectivity index is 2.14. The van der Waals surface area contributed by atoms with Gasteiger partial charge in [0, 0.05) is 0 Å². The van der Waals surface area contributed by atoms with Gasteiger partial charge in [0.25, 0.3) is 0 Å². The molecule has 0 spiro atoms. The molecule has 1 aliphatic heterocycles. The van der Waals surface area contributed by atoms with E-state index < -0.39 is 53.5 Å². The van der Waals surface area contributed by atoms with E-state index in [1.54, 1.807) is 41.5 Å². The van der Waals surface area contributed by atoms with Gasteiger partial charge >= 0.3 is 11.9 Å². The summed E-state index contributed by atoms with van der Waals surface area (Å²) in [6.07, 6.45) is -6.65. The predicted molar refractivity (Wildman–Crippen MR) is 112 cm³/mol. The highest BCUT2D eigenvalue weighted by molar-refractivity contribution is 5.76. The Morgan fingerprint density at radius 1 is 0.903 bits per heavy atom. The minimum atomic E-state index is -1.60. The van der Waals surface area contributed by atoms with E-state index in [1.807, 2.05) is 30.3 Å². The molecule has 1 heterocycles. The van der Waals surface area contributed by atoms with Crippen molar-refractivity contribution in [3.05, 3.63) is 35.9 Å². The van der Waals surface area contributed by atoms with E-state index in [9.17, 15) is 19.8 Å². The van der Waals surface area contributed by atoms with Crippen LogP contribution in [0.5, 0.6) is 0 Å². The summed E-state index contributed by atoms with van der Waals surface area (Å²) in [7, 11) is 0. The molecule has 1 aromatic carbocycles. The zero-order valence-electron chi connectivity index (χ0n) is 19.0. The summed E-state index contributed by atoms with van der Waals surface area (Å²) in [5, 5.41) is 21.4. The lowest BCUT2D eigenvalue weighted by atomic mass is 9.94. The largest absolute Gasteiger partial charge is 0.455 e. The molecule has 0 aliphatic carbocycles. The van der Waals surface area contributed by atoms with Gasteiger partial charge in [-0.15, -0.1) is 0 Å². The number of hydrogen-bond donors (Lipinski definition) is 2. The summed E-state index contributed by atoms with van der Waals surface area (Å²) >= 11 is 0. The first-order chi connectivity index (χ1) is 14.3. The Hall–Kier alpha value is -2.00. The standard InChI is InChI=1S/C23H34O8/c1-22(2,3)20(26)30-17-16(24)15(13-28-12-14-10-8-7-9-11-14)29-19(25)18(17)31-21(27)23(4,5)6/h7-11,15-19,24-25H,12-13H2,1-6H3/t15-,16-,17+,18-,19+/m1/s1. The molecule has 1 aromatic rings. The van der Waals surface area contributed by atoms with E-state index in [4.69, 9.17) is 18.9 Å². The molecular weight excluding hydrogens is 404 g/mol. The van der Waals surface area contributed by atoms with Gasteiger partial charge in [-0.3, -0.25) is 9.59 Å². The fourth-order valence-electron chi connectivity index (χ4n) is 2.77. The Labute approximate surface area is 183 Å². The molecule has 174 valence electrons. The zero-order valence-corrected chi connectivity index (χ0v) is 19.0. The number of carbonyl (C=O) groups excluding carboxylic acids is 2. The lowest BCUT2D eigenvalue weighted by molar-refractivity contribution is -0.298. The second-order valence-electron chi connectivity index (χ2n) is 9.80. The first-order valence-corrected chi connectivity index (χ1v) is 10.4. The fourth-order valence-corrected chi connectivity index (χ4v) is 2.77. The number of aliphatic hydroxyl groups excluding tert-OH is 2. The van der Waals surface area contributed by atoms with Crippen LogP contribution in [0.1, 0.15) is 47.1 Å². The smallest absolute Gasteiger partial charge is 0.311 e. The second-order valence-corrected chi connectivity index (χ2v) is 9.80. The molecule has 0 saturated carbocycles. The lowest BCUT2D eigenvalue weighted by Crippen LogP contribution is -2.62. The number of benzene rings is 1. The number of carbonyl (C=O) groups is 2. The highest BCUT2D eigenvalue weighted by Gasteiger charge is 2.50. The molecular formula is C23H34O8. The van der Waals surface area contributed by atoms with Gasteiger partial charge in [-0.1, -0.05) is 30.3 Å². The maximum Gasteiger partial charge on any atom is 0.311 e. The molecule has 1 saturated heterocycles. The van der Waals surface area contributed by atoms with E-state index in [0.717, 1.165) is 5.56 Å². The first kappa shape index (κ1) is 25.3. The van der Waals surface area contributed by atoms with E-state index >= 15 is 0 Å². The van der Waals surface area contributed by atoms with Crippen LogP contribution in [0.4, 0.5) is 0 Å². The van der Waals surface area contributed by atoms with Crippen molar-refractivity contribution in [1.29, 1.82) is 0 Å². The molecule has 0 unspecified atom stereocenters. The molecule has 0 radical (unpaired) electrons. The third-order valence-corrected chi connectivity index (χ3v) is 4.74. The van der Waals surface area contributed by atoms with Crippen LogP contribution in [0.15, 0.2) is 30.3 Å². The average molecular weight is 439 g/mol. The van der Waals surface area contributed by atoms with Gasteiger partial charge in [0.1, 0.15) is 12.2 Å². The van der Waals surface area contributed by atoms with E-state index in [1.165, 1.54) is 0 Å². The Morgan fingerprint density at radius 3 is 1.94 bits per heavy atom. The van der Waals surface area contributed by atoms with Crippen LogP contribution in [0.3, 0.4) is 0 Å². The number of esters is 2. The van der Waals surface area contributed by atoms with Crippen molar-refractivity contribution >= 4 is 11.9 Å². The molecule has 2 N–H and O–H groups in total. The van der Waals surface area contributed by atoms with Crippen molar-refractivity contribution in [3.8, 4) is 0 Å². The number of rotatable bonds is 6. The average Bonchev–Trinajstić information content (AvgIpc) is 2.67. The van der Waals surface area contributed by atoms with Gasteiger partial charge in [0.15, 0.2) is 18.5 Å². The van der Waals surface area contributed by atoms with Crippen molar-refractivity contribution in [1.82, 2.24) is 0 Å². The molecule has 0 bridgehead atoms. The highest BCUT2D eigenvalue weighted by Crippen LogP contribution is 2.30. The number of ether oxygens (including phenoxy) is 4. The van der Waals surface area contributed by atoms with Gasteiger partial charge in [-0.25, -0.2) is 0 Å². The summed E-state index contributed by atoms with van der Waals surface area (Å²) in [4.78, 5) is 24.9. The van der Waals surface area contributed by atoms with Crippen molar-refractivity contribution in [2.24, 2.45) is 10.8 Å². The molecule has 31 heavy (non-hydrogen) atoms. The highest BCUT2D eigenvalue weighted by atomic mass is 16.7. The third-order valence-electron chi connectivity index (χ3n) is 4.74. The normalized spacial score (nSPS) is 26.9. The van der Waals surface area contributed by atoms with Crippen molar-refractivity contribution in [3.63, 3.8) is 0 Å². The summed E-state index contributed by atoms with van der Waals surface area (Å²) in [6.45, 7) is 10.2. The van der Waals surface area contributed by atoms with Crippen LogP contribution >= 0.6 is 0 Å². The zero-order chi connectivity index (χ0) is 23.4. The van der Waals surface area contributed by atoms with Crippen LogP contribution < -0.4 is 0 Å². The van der Waals surface area contributed by atoms with E-state index in [-0.39, 0.29) is 13.2 Å². The monoisotopic (exact) mass is 438 g/mol. The maximum atomic E-state index is 12.5. The quantitative estimate of drug-likeness (QED) is 0.650. The van der Waals surface area contributed by atoms with Crippen molar-refractivity contribution < 1.29 is 38.7 Å².